The predicted octanol–water partition coefficient (Wildman–Crippen LogP) is 4.27. The number of ketones is 1. The van der Waals surface area contributed by atoms with Crippen molar-refractivity contribution >= 4 is 39.9 Å². The molecule has 0 saturated carbocycles. The molecule has 2 amide bonds. The smallest absolute Gasteiger partial charge is 0.261 e. The Kier molecular flexibility index (Phi) is 12.2. The van der Waals surface area contributed by atoms with E-state index in [0.29, 0.717) is 54.9 Å². The van der Waals surface area contributed by atoms with Crippen molar-refractivity contribution in [2.75, 3.05) is 59.0 Å². The minimum absolute atomic E-state index is 0.00973. The van der Waals surface area contributed by atoms with Crippen LogP contribution < -0.4 is 14.8 Å². The van der Waals surface area contributed by atoms with E-state index in [1.54, 1.807) is 23.4 Å². The summed E-state index contributed by atoms with van der Waals surface area (Å²) in [5, 5.41) is 4.73. The second kappa shape index (κ2) is 16.5. The van der Waals surface area contributed by atoms with Crippen molar-refractivity contribution in [3.05, 3.63) is 73.1 Å². The first kappa shape index (κ1) is 33.3. The molecular weight excluding hydrogens is 570 g/mol. The van der Waals surface area contributed by atoms with Gasteiger partial charge in [0.05, 0.1) is 52.4 Å². The number of nitrogens with one attached hydrogen (secondary N) is 1. The molecule has 238 valence electrons. The number of carbonyl (C=O) groups is 3. The van der Waals surface area contributed by atoms with Gasteiger partial charge in [-0.2, -0.15) is 0 Å². The third kappa shape index (κ3) is 9.21. The van der Waals surface area contributed by atoms with Gasteiger partial charge in [-0.05, 0) is 31.2 Å². The lowest BCUT2D eigenvalue weighted by atomic mass is 10.1. The summed E-state index contributed by atoms with van der Waals surface area (Å²) in [5.41, 5.74) is 1.51. The van der Waals surface area contributed by atoms with Gasteiger partial charge in [-0.3, -0.25) is 24.4 Å². The molecule has 0 spiro atoms. The van der Waals surface area contributed by atoms with Crippen LogP contribution in [0.1, 0.15) is 27.2 Å². The molecule has 2 aromatic carbocycles. The van der Waals surface area contributed by atoms with Crippen LogP contribution in [-0.2, 0) is 14.4 Å². The standard InChI is InChI=1S/C35H43N5O5/c1-4-40(21-18-36-26-41,20-9-23-44-31-14-5-10-28-12-7-16-37-34(28)31)22-19-39(24-30(42)27(2)3)33(43)25-45-32-15-6-11-29-13-8-17-38-35(29)32/h5-8,10-17,26-27H,4,9,18-25H2,1-3H3/p+1. The Morgan fingerprint density at radius 2 is 1.51 bits per heavy atom. The van der Waals surface area contributed by atoms with E-state index in [9.17, 15) is 14.4 Å². The van der Waals surface area contributed by atoms with Crippen molar-refractivity contribution in [2.24, 2.45) is 5.92 Å². The number of aromatic nitrogens is 2. The van der Waals surface area contributed by atoms with Crippen molar-refractivity contribution < 1.29 is 28.3 Å². The Bertz CT molecular complexity index is 1570. The van der Waals surface area contributed by atoms with Gasteiger partial charge in [0, 0.05) is 35.5 Å². The predicted molar refractivity (Wildman–Crippen MR) is 175 cm³/mol. The Morgan fingerprint density at radius 1 is 0.889 bits per heavy atom. The molecule has 0 radical (unpaired) electrons. The van der Waals surface area contributed by atoms with Gasteiger partial charge in [-0.1, -0.05) is 50.2 Å². The molecule has 10 heteroatoms. The van der Waals surface area contributed by atoms with E-state index in [2.05, 4.69) is 22.2 Å². The summed E-state index contributed by atoms with van der Waals surface area (Å²) in [7, 11) is 0. The van der Waals surface area contributed by atoms with Crippen LogP contribution in [0, 0.1) is 5.92 Å². The molecular formula is C35H44N5O5+. The van der Waals surface area contributed by atoms with Gasteiger partial charge < -0.3 is 24.2 Å². The van der Waals surface area contributed by atoms with Crippen LogP contribution in [0.5, 0.6) is 11.5 Å². The molecule has 0 aliphatic heterocycles. The lowest BCUT2D eigenvalue weighted by Crippen LogP contribution is -2.56. The molecule has 0 aliphatic rings. The largest absolute Gasteiger partial charge is 0.491 e. The summed E-state index contributed by atoms with van der Waals surface area (Å²) in [6, 6.07) is 19.2. The molecule has 2 aromatic heterocycles. The van der Waals surface area contributed by atoms with Crippen LogP contribution in [-0.4, -0.2) is 96.5 Å². The van der Waals surface area contributed by atoms with Crippen LogP contribution >= 0.6 is 0 Å². The Balaban J connectivity index is 1.43. The van der Waals surface area contributed by atoms with Crippen molar-refractivity contribution in [1.82, 2.24) is 20.2 Å². The first-order valence-corrected chi connectivity index (χ1v) is 15.6. The van der Waals surface area contributed by atoms with Crippen LogP contribution in [0.2, 0.25) is 0 Å². The lowest BCUT2D eigenvalue weighted by molar-refractivity contribution is -0.925. The average Bonchev–Trinajstić information content (AvgIpc) is 3.07. The zero-order chi connectivity index (χ0) is 32.1. The van der Waals surface area contributed by atoms with E-state index >= 15 is 0 Å². The van der Waals surface area contributed by atoms with Gasteiger partial charge in [0.1, 0.15) is 22.5 Å². The Morgan fingerprint density at radius 3 is 2.11 bits per heavy atom. The van der Waals surface area contributed by atoms with Crippen molar-refractivity contribution in [2.45, 2.75) is 27.2 Å². The molecule has 0 aliphatic carbocycles. The average molecular weight is 615 g/mol. The zero-order valence-corrected chi connectivity index (χ0v) is 26.5. The number of fused-ring (bicyclic) bond motifs is 2. The molecule has 0 bridgehead atoms. The first-order chi connectivity index (χ1) is 21.9. The van der Waals surface area contributed by atoms with Crippen molar-refractivity contribution in [3.63, 3.8) is 0 Å². The molecule has 4 rings (SSSR count). The maximum absolute atomic E-state index is 13.5. The number of hydrogen-bond acceptors (Lipinski definition) is 7. The van der Waals surface area contributed by atoms with Gasteiger partial charge in [0.2, 0.25) is 6.41 Å². The van der Waals surface area contributed by atoms with Gasteiger partial charge in [-0.25, -0.2) is 0 Å². The lowest BCUT2D eigenvalue weighted by Gasteiger charge is -2.39. The highest BCUT2D eigenvalue weighted by molar-refractivity contribution is 5.88. The second-order valence-electron chi connectivity index (χ2n) is 11.5. The SMILES string of the molecule is CC[N+](CCCOc1cccc2cccnc12)(CCNC=O)CCN(CC(=O)C(C)C)C(=O)COc1cccc2cccnc12. The van der Waals surface area contributed by atoms with Gasteiger partial charge >= 0.3 is 0 Å². The van der Waals surface area contributed by atoms with E-state index in [1.807, 2.05) is 68.4 Å². The summed E-state index contributed by atoms with van der Waals surface area (Å²) in [6.07, 6.45) is 4.91. The molecule has 1 atom stereocenters. The summed E-state index contributed by atoms with van der Waals surface area (Å²) in [5.74, 6) is 0.798. The summed E-state index contributed by atoms with van der Waals surface area (Å²) in [6.45, 7) is 9.83. The fraction of sp³-hybridized carbons (Fsp3) is 0.400. The normalized spacial score (nSPS) is 12.5. The number of para-hydroxylation sites is 2. The zero-order valence-electron chi connectivity index (χ0n) is 26.5. The van der Waals surface area contributed by atoms with E-state index in [4.69, 9.17) is 9.47 Å². The fourth-order valence-corrected chi connectivity index (χ4v) is 5.36. The van der Waals surface area contributed by atoms with Gasteiger partial charge in [0.25, 0.3) is 5.91 Å². The first-order valence-electron chi connectivity index (χ1n) is 15.6. The monoisotopic (exact) mass is 614 g/mol. The van der Waals surface area contributed by atoms with Crippen LogP contribution in [0.3, 0.4) is 0 Å². The summed E-state index contributed by atoms with van der Waals surface area (Å²) >= 11 is 0. The maximum Gasteiger partial charge on any atom is 0.261 e. The number of likely N-dealkylation sites (N-methyl/N-ethyl adjacent to an activating group) is 1. The minimum Gasteiger partial charge on any atom is -0.491 e. The second-order valence-corrected chi connectivity index (χ2v) is 11.5. The number of hydrogen-bond donors (Lipinski definition) is 1. The maximum atomic E-state index is 13.5. The third-order valence-electron chi connectivity index (χ3n) is 8.25. The Hall–Kier alpha value is -4.57. The van der Waals surface area contributed by atoms with Gasteiger partial charge in [0.15, 0.2) is 12.4 Å². The highest BCUT2D eigenvalue weighted by Crippen LogP contribution is 2.24. The number of quaternary nitrogens is 1. The quantitative estimate of drug-likeness (QED) is 0.0955. The van der Waals surface area contributed by atoms with E-state index in [-0.39, 0.29) is 30.8 Å². The van der Waals surface area contributed by atoms with E-state index < -0.39 is 0 Å². The topological polar surface area (TPSA) is 111 Å². The number of ether oxygens (including phenoxy) is 2. The Labute approximate surface area is 264 Å². The molecule has 0 fully saturated rings. The van der Waals surface area contributed by atoms with E-state index in [0.717, 1.165) is 41.5 Å². The van der Waals surface area contributed by atoms with Crippen LogP contribution in [0.4, 0.5) is 0 Å². The molecule has 4 aromatic rings. The molecule has 2 heterocycles. The van der Waals surface area contributed by atoms with Crippen LogP contribution in [0.25, 0.3) is 21.8 Å². The molecule has 0 saturated heterocycles. The van der Waals surface area contributed by atoms with E-state index in [1.165, 1.54) is 0 Å². The number of Topliss-reactive ketones (excluding diaryl/α,β-unsaturated/α-hetero) is 1. The fourth-order valence-electron chi connectivity index (χ4n) is 5.36. The number of benzene rings is 2. The van der Waals surface area contributed by atoms with Crippen LogP contribution in [0.15, 0.2) is 73.1 Å². The third-order valence-corrected chi connectivity index (χ3v) is 8.25. The molecule has 1 unspecified atom stereocenters. The minimum atomic E-state index is -0.260. The number of amides is 2. The van der Waals surface area contributed by atoms with Crippen molar-refractivity contribution in [3.8, 4) is 11.5 Å². The number of nitrogens with zero attached hydrogens (tertiary/aromatic N) is 4. The number of rotatable bonds is 19. The highest BCUT2D eigenvalue weighted by Gasteiger charge is 2.28. The molecule has 45 heavy (non-hydrogen) atoms. The molecule has 10 nitrogen and oxygen atoms in total. The number of pyridine rings is 2. The van der Waals surface area contributed by atoms with Gasteiger partial charge in [-0.15, -0.1) is 0 Å². The summed E-state index contributed by atoms with van der Waals surface area (Å²) in [4.78, 5) is 47.9. The highest BCUT2D eigenvalue weighted by atomic mass is 16.5. The summed E-state index contributed by atoms with van der Waals surface area (Å²) < 4.78 is 12.8. The van der Waals surface area contributed by atoms with Crippen molar-refractivity contribution in [1.29, 1.82) is 0 Å². The molecule has 1 N–H and O–H groups in total. The number of carbonyl (C=O) groups excluding carboxylic acids is 3.